The maximum atomic E-state index is 11.7. The molecule has 1 aliphatic heterocycles. The van der Waals surface area contributed by atoms with E-state index in [-0.39, 0.29) is 18.6 Å². The second kappa shape index (κ2) is 7.62. The van der Waals surface area contributed by atoms with Gasteiger partial charge in [0.05, 0.1) is 24.3 Å². The van der Waals surface area contributed by atoms with Crippen LogP contribution >= 0.6 is 0 Å². The molecule has 1 heterocycles. The molecule has 0 bridgehead atoms. The Balaban J connectivity index is 1.68. The predicted octanol–water partition coefficient (Wildman–Crippen LogP) is 0.384. The molecule has 6 heteroatoms. The summed E-state index contributed by atoms with van der Waals surface area (Å²) in [6, 6.07) is 8.67. The van der Waals surface area contributed by atoms with Crippen LogP contribution < -0.4 is 10.1 Å². The summed E-state index contributed by atoms with van der Waals surface area (Å²) in [7, 11) is 2.03. The largest absolute Gasteiger partial charge is 0.484 e. The molecule has 1 fully saturated rings. The molecule has 1 N–H and O–H groups in total. The van der Waals surface area contributed by atoms with Crippen molar-refractivity contribution in [1.29, 1.82) is 5.26 Å². The minimum absolute atomic E-state index is 0.0302. The Labute approximate surface area is 124 Å². The van der Waals surface area contributed by atoms with Crippen LogP contribution in [0.4, 0.5) is 0 Å². The van der Waals surface area contributed by atoms with Crippen LogP contribution in [0.2, 0.25) is 0 Å². The Morgan fingerprint density at radius 2 is 2.29 bits per heavy atom. The second-order valence-electron chi connectivity index (χ2n) is 4.98. The van der Waals surface area contributed by atoms with Gasteiger partial charge in [0.2, 0.25) is 0 Å². The molecule has 0 saturated carbocycles. The third kappa shape index (κ3) is 5.06. The fraction of sp³-hybridized carbons (Fsp3) is 0.467. The minimum atomic E-state index is -0.184. The molecule has 1 atom stereocenters. The molecule has 1 aromatic rings. The average molecular weight is 289 g/mol. The number of carbonyl (C=O) groups excluding carboxylic acids is 1. The van der Waals surface area contributed by atoms with Gasteiger partial charge in [0.1, 0.15) is 5.75 Å². The SMILES string of the molecule is CN1CCOC(CNC(=O)COc2ccc(C#N)cc2)C1. The smallest absolute Gasteiger partial charge is 0.258 e. The third-order valence-electron chi connectivity index (χ3n) is 3.22. The minimum Gasteiger partial charge on any atom is -0.484 e. The fourth-order valence-electron chi connectivity index (χ4n) is 2.04. The van der Waals surface area contributed by atoms with Gasteiger partial charge in [0, 0.05) is 19.6 Å². The summed E-state index contributed by atoms with van der Waals surface area (Å²) in [4.78, 5) is 13.9. The zero-order valence-corrected chi connectivity index (χ0v) is 12.0. The monoisotopic (exact) mass is 289 g/mol. The van der Waals surface area contributed by atoms with Crippen LogP contribution in [0.5, 0.6) is 5.75 Å². The van der Waals surface area contributed by atoms with Crippen LogP contribution in [0.1, 0.15) is 5.56 Å². The molecule has 1 aromatic carbocycles. The highest BCUT2D eigenvalue weighted by Gasteiger charge is 2.18. The first-order chi connectivity index (χ1) is 10.2. The van der Waals surface area contributed by atoms with E-state index < -0.39 is 0 Å². The Morgan fingerprint density at radius 1 is 1.52 bits per heavy atom. The average Bonchev–Trinajstić information content (AvgIpc) is 2.51. The van der Waals surface area contributed by atoms with Crippen molar-refractivity contribution < 1.29 is 14.3 Å². The van der Waals surface area contributed by atoms with Crippen LogP contribution in [0, 0.1) is 11.3 Å². The van der Waals surface area contributed by atoms with Crippen molar-refractivity contribution in [2.24, 2.45) is 0 Å². The molecule has 1 aliphatic rings. The Morgan fingerprint density at radius 3 is 2.95 bits per heavy atom. The van der Waals surface area contributed by atoms with Gasteiger partial charge in [-0.3, -0.25) is 4.79 Å². The van der Waals surface area contributed by atoms with Gasteiger partial charge in [0.15, 0.2) is 6.61 Å². The lowest BCUT2D eigenvalue weighted by Gasteiger charge is -2.30. The zero-order valence-electron chi connectivity index (χ0n) is 12.0. The number of hydrogen-bond acceptors (Lipinski definition) is 5. The van der Waals surface area contributed by atoms with E-state index in [1.807, 2.05) is 13.1 Å². The quantitative estimate of drug-likeness (QED) is 0.848. The standard InChI is InChI=1S/C15H19N3O3/c1-18-6-7-20-14(10-18)9-17-15(19)11-21-13-4-2-12(8-16)3-5-13/h2-5,14H,6-7,9-11H2,1H3,(H,17,19). The maximum absolute atomic E-state index is 11.7. The van der Waals surface area contributed by atoms with Crippen molar-refractivity contribution >= 4 is 5.91 Å². The van der Waals surface area contributed by atoms with E-state index in [0.717, 1.165) is 13.1 Å². The van der Waals surface area contributed by atoms with Crippen LogP contribution in [0.15, 0.2) is 24.3 Å². The molecule has 112 valence electrons. The topological polar surface area (TPSA) is 74.6 Å². The number of rotatable bonds is 5. The summed E-state index contributed by atoms with van der Waals surface area (Å²) in [5.41, 5.74) is 0.561. The van der Waals surface area contributed by atoms with E-state index in [1.54, 1.807) is 24.3 Å². The normalized spacial score (nSPS) is 18.8. The Kier molecular flexibility index (Phi) is 5.55. The van der Waals surface area contributed by atoms with Crippen molar-refractivity contribution in [2.45, 2.75) is 6.10 Å². The van der Waals surface area contributed by atoms with E-state index in [4.69, 9.17) is 14.7 Å². The lowest BCUT2D eigenvalue weighted by molar-refractivity contribution is -0.124. The van der Waals surface area contributed by atoms with Crippen LogP contribution in [-0.2, 0) is 9.53 Å². The number of carbonyl (C=O) groups is 1. The summed E-state index contributed by atoms with van der Waals surface area (Å²) in [5.74, 6) is 0.383. The third-order valence-corrected chi connectivity index (χ3v) is 3.22. The highest BCUT2D eigenvalue weighted by atomic mass is 16.5. The highest BCUT2D eigenvalue weighted by Crippen LogP contribution is 2.11. The van der Waals surface area contributed by atoms with Gasteiger partial charge in [0.25, 0.3) is 5.91 Å². The van der Waals surface area contributed by atoms with Crippen molar-refractivity contribution in [1.82, 2.24) is 10.2 Å². The molecular weight excluding hydrogens is 270 g/mol. The first kappa shape index (κ1) is 15.3. The van der Waals surface area contributed by atoms with Gasteiger partial charge in [-0.1, -0.05) is 0 Å². The van der Waals surface area contributed by atoms with E-state index in [9.17, 15) is 4.79 Å². The van der Waals surface area contributed by atoms with Gasteiger partial charge in [-0.25, -0.2) is 0 Å². The van der Waals surface area contributed by atoms with E-state index in [2.05, 4.69) is 10.2 Å². The molecule has 6 nitrogen and oxygen atoms in total. The number of amides is 1. The zero-order chi connectivity index (χ0) is 15.1. The molecule has 1 unspecified atom stereocenters. The maximum Gasteiger partial charge on any atom is 0.258 e. The van der Waals surface area contributed by atoms with Crippen molar-refractivity contribution in [2.75, 3.05) is 39.9 Å². The molecule has 0 spiro atoms. The predicted molar refractivity (Wildman–Crippen MR) is 76.9 cm³/mol. The van der Waals surface area contributed by atoms with Gasteiger partial charge >= 0.3 is 0 Å². The molecule has 21 heavy (non-hydrogen) atoms. The summed E-state index contributed by atoms with van der Waals surface area (Å²) in [5, 5.41) is 11.5. The number of ether oxygens (including phenoxy) is 2. The summed E-state index contributed by atoms with van der Waals surface area (Å²) in [6.07, 6.45) is 0.0302. The number of nitrogens with one attached hydrogen (secondary N) is 1. The lowest BCUT2D eigenvalue weighted by Crippen LogP contribution is -2.46. The summed E-state index contributed by atoms with van der Waals surface area (Å²) < 4.78 is 10.9. The number of nitrogens with zero attached hydrogens (tertiary/aromatic N) is 2. The summed E-state index contributed by atoms with van der Waals surface area (Å²) >= 11 is 0. The number of benzene rings is 1. The number of likely N-dealkylation sites (N-methyl/N-ethyl adjacent to an activating group) is 1. The van der Waals surface area contributed by atoms with Gasteiger partial charge in [-0.15, -0.1) is 0 Å². The molecule has 0 aromatic heterocycles. The number of morpholine rings is 1. The van der Waals surface area contributed by atoms with Crippen LogP contribution in [0.25, 0.3) is 0 Å². The Hall–Kier alpha value is -2.10. The number of hydrogen-bond donors (Lipinski definition) is 1. The van der Waals surface area contributed by atoms with E-state index in [0.29, 0.717) is 24.5 Å². The molecule has 1 saturated heterocycles. The fourth-order valence-corrected chi connectivity index (χ4v) is 2.04. The lowest BCUT2D eigenvalue weighted by atomic mass is 10.2. The second-order valence-corrected chi connectivity index (χ2v) is 4.98. The van der Waals surface area contributed by atoms with E-state index in [1.165, 1.54) is 0 Å². The van der Waals surface area contributed by atoms with E-state index >= 15 is 0 Å². The molecule has 2 rings (SSSR count). The number of nitriles is 1. The van der Waals surface area contributed by atoms with Crippen molar-refractivity contribution in [3.05, 3.63) is 29.8 Å². The molecular formula is C15H19N3O3. The van der Waals surface area contributed by atoms with Crippen LogP contribution in [-0.4, -0.2) is 56.8 Å². The van der Waals surface area contributed by atoms with Crippen molar-refractivity contribution in [3.63, 3.8) is 0 Å². The van der Waals surface area contributed by atoms with Gasteiger partial charge in [-0.05, 0) is 31.3 Å². The van der Waals surface area contributed by atoms with Gasteiger partial charge < -0.3 is 19.7 Å². The molecule has 0 radical (unpaired) electrons. The molecule has 1 amide bonds. The molecule has 0 aliphatic carbocycles. The first-order valence-electron chi connectivity index (χ1n) is 6.87. The van der Waals surface area contributed by atoms with Gasteiger partial charge in [-0.2, -0.15) is 5.26 Å². The summed E-state index contributed by atoms with van der Waals surface area (Å²) in [6.45, 7) is 2.87. The first-order valence-corrected chi connectivity index (χ1v) is 6.87. The van der Waals surface area contributed by atoms with Crippen LogP contribution in [0.3, 0.4) is 0 Å². The highest BCUT2D eigenvalue weighted by molar-refractivity contribution is 5.77. The Bertz CT molecular complexity index is 510. The van der Waals surface area contributed by atoms with Crippen molar-refractivity contribution in [3.8, 4) is 11.8 Å².